The number of rotatable bonds is 6. The Morgan fingerprint density at radius 3 is 3.06 bits per heavy atom. The summed E-state index contributed by atoms with van der Waals surface area (Å²) in [4.78, 5) is 10.4. The lowest BCUT2D eigenvalue weighted by atomic mass is 10.4. The van der Waals surface area contributed by atoms with E-state index < -0.39 is 0 Å². The van der Waals surface area contributed by atoms with Crippen LogP contribution >= 0.6 is 0 Å². The fourth-order valence-electron chi connectivity index (χ4n) is 1.86. The third-order valence-corrected chi connectivity index (χ3v) is 2.88. The summed E-state index contributed by atoms with van der Waals surface area (Å²) < 4.78 is 5.17. The van der Waals surface area contributed by atoms with E-state index in [2.05, 4.69) is 30.2 Å². The normalized spacial score (nSPS) is 15.4. The van der Waals surface area contributed by atoms with Crippen molar-refractivity contribution in [2.45, 2.75) is 25.4 Å². The molecule has 0 atom stereocenters. The van der Waals surface area contributed by atoms with E-state index in [1.54, 1.807) is 0 Å². The minimum Gasteiger partial charge on any atom is -0.395 e. The van der Waals surface area contributed by atoms with Crippen molar-refractivity contribution in [3.63, 3.8) is 0 Å². The SMILES string of the molecule is OCCN(Cc1nc(-c2ncn[nH]2)no1)C1CC1. The number of hydrogen-bond donors (Lipinski definition) is 2. The summed E-state index contributed by atoms with van der Waals surface area (Å²) in [5, 5.41) is 19.3. The topological polar surface area (TPSA) is 104 Å². The predicted molar refractivity (Wildman–Crippen MR) is 60.2 cm³/mol. The van der Waals surface area contributed by atoms with Gasteiger partial charge in [-0.3, -0.25) is 10.00 Å². The van der Waals surface area contributed by atoms with Crippen LogP contribution in [0.2, 0.25) is 0 Å². The van der Waals surface area contributed by atoms with Gasteiger partial charge in [0.1, 0.15) is 6.33 Å². The molecule has 0 aromatic carbocycles. The summed E-state index contributed by atoms with van der Waals surface area (Å²) in [6.07, 6.45) is 3.74. The smallest absolute Gasteiger partial charge is 0.241 e. The summed E-state index contributed by atoms with van der Waals surface area (Å²) in [5.41, 5.74) is 0. The molecule has 2 heterocycles. The monoisotopic (exact) mass is 250 g/mol. The van der Waals surface area contributed by atoms with Gasteiger partial charge in [0, 0.05) is 12.6 Å². The Kier molecular flexibility index (Phi) is 3.03. The zero-order valence-electron chi connectivity index (χ0n) is 9.78. The maximum atomic E-state index is 9.02. The molecule has 96 valence electrons. The largest absolute Gasteiger partial charge is 0.395 e. The van der Waals surface area contributed by atoms with Gasteiger partial charge in [0.25, 0.3) is 0 Å². The molecule has 2 N–H and O–H groups in total. The van der Waals surface area contributed by atoms with Crippen molar-refractivity contribution in [2.24, 2.45) is 0 Å². The molecule has 0 radical (unpaired) electrons. The molecule has 1 fully saturated rings. The van der Waals surface area contributed by atoms with Crippen LogP contribution in [0.15, 0.2) is 10.9 Å². The van der Waals surface area contributed by atoms with Gasteiger partial charge in [-0.1, -0.05) is 5.16 Å². The van der Waals surface area contributed by atoms with Gasteiger partial charge in [0.2, 0.25) is 11.7 Å². The average Bonchev–Trinajstić information content (AvgIpc) is 2.90. The van der Waals surface area contributed by atoms with Crippen molar-refractivity contribution in [3.8, 4) is 11.6 Å². The van der Waals surface area contributed by atoms with E-state index in [1.807, 2.05) is 0 Å². The third kappa shape index (κ3) is 2.39. The molecule has 3 rings (SSSR count). The summed E-state index contributed by atoms with van der Waals surface area (Å²) in [7, 11) is 0. The van der Waals surface area contributed by atoms with Crippen molar-refractivity contribution in [1.82, 2.24) is 30.2 Å². The van der Waals surface area contributed by atoms with Gasteiger partial charge in [-0.25, -0.2) is 4.98 Å². The fourth-order valence-corrected chi connectivity index (χ4v) is 1.86. The molecule has 2 aromatic heterocycles. The van der Waals surface area contributed by atoms with E-state index in [9.17, 15) is 0 Å². The van der Waals surface area contributed by atoms with E-state index in [0.29, 0.717) is 36.7 Å². The van der Waals surface area contributed by atoms with Crippen LogP contribution in [-0.4, -0.2) is 54.5 Å². The first kappa shape index (κ1) is 11.3. The van der Waals surface area contributed by atoms with Gasteiger partial charge in [-0.05, 0) is 12.8 Å². The molecule has 0 aliphatic heterocycles. The Labute approximate surface area is 103 Å². The number of aliphatic hydroxyl groups excluding tert-OH is 1. The molecule has 0 spiro atoms. The number of H-pyrrole nitrogens is 1. The molecule has 1 saturated carbocycles. The molecule has 1 aliphatic rings. The lowest BCUT2D eigenvalue weighted by molar-refractivity contribution is 0.167. The zero-order chi connectivity index (χ0) is 12.4. The van der Waals surface area contributed by atoms with Crippen LogP contribution in [0.1, 0.15) is 18.7 Å². The van der Waals surface area contributed by atoms with Gasteiger partial charge in [-0.2, -0.15) is 10.1 Å². The highest BCUT2D eigenvalue weighted by Crippen LogP contribution is 2.27. The average molecular weight is 250 g/mol. The zero-order valence-corrected chi connectivity index (χ0v) is 9.78. The molecule has 1 aliphatic carbocycles. The second kappa shape index (κ2) is 4.83. The van der Waals surface area contributed by atoms with Crippen molar-refractivity contribution in [3.05, 3.63) is 12.2 Å². The third-order valence-electron chi connectivity index (χ3n) is 2.88. The molecule has 2 aromatic rings. The van der Waals surface area contributed by atoms with Gasteiger partial charge in [0.15, 0.2) is 5.82 Å². The maximum Gasteiger partial charge on any atom is 0.241 e. The standard InChI is InChI=1S/C10H14N6O2/c17-4-3-16(7-1-2-7)5-8-13-10(15-18-8)9-11-6-12-14-9/h6-7,17H,1-5H2,(H,11,12,14). The van der Waals surface area contributed by atoms with Crippen LogP contribution in [0, 0.1) is 0 Å². The summed E-state index contributed by atoms with van der Waals surface area (Å²) in [6.45, 7) is 1.33. The van der Waals surface area contributed by atoms with Crippen LogP contribution in [-0.2, 0) is 6.54 Å². The molecule has 0 amide bonds. The number of hydrogen-bond acceptors (Lipinski definition) is 7. The summed E-state index contributed by atoms with van der Waals surface area (Å²) in [6, 6.07) is 0.540. The summed E-state index contributed by atoms with van der Waals surface area (Å²) in [5.74, 6) is 1.43. The van der Waals surface area contributed by atoms with Crippen molar-refractivity contribution < 1.29 is 9.63 Å². The van der Waals surface area contributed by atoms with E-state index in [1.165, 1.54) is 19.2 Å². The van der Waals surface area contributed by atoms with E-state index in [4.69, 9.17) is 9.63 Å². The number of nitrogens with one attached hydrogen (secondary N) is 1. The number of aliphatic hydroxyl groups is 1. The molecule has 18 heavy (non-hydrogen) atoms. The molecule has 0 unspecified atom stereocenters. The van der Waals surface area contributed by atoms with E-state index in [-0.39, 0.29) is 6.61 Å². The molecule has 8 heteroatoms. The van der Waals surface area contributed by atoms with Gasteiger partial charge in [0.05, 0.1) is 13.2 Å². The quantitative estimate of drug-likeness (QED) is 0.732. The van der Waals surface area contributed by atoms with Gasteiger partial charge >= 0.3 is 0 Å². The number of aromatic amines is 1. The first-order valence-corrected chi connectivity index (χ1v) is 5.90. The van der Waals surface area contributed by atoms with Gasteiger partial charge in [-0.15, -0.1) is 0 Å². The maximum absolute atomic E-state index is 9.02. The highest BCUT2D eigenvalue weighted by molar-refractivity contribution is 5.39. The molecular formula is C10H14N6O2. The highest BCUT2D eigenvalue weighted by Gasteiger charge is 2.29. The van der Waals surface area contributed by atoms with Crippen LogP contribution < -0.4 is 0 Å². The highest BCUT2D eigenvalue weighted by atomic mass is 16.5. The van der Waals surface area contributed by atoms with Crippen molar-refractivity contribution in [2.75, 3.05) is 13.2 Å². The minimum atomic E-state index is 0.138. The Morgan fingerprint density at radius 2 is 2.39 bits per heavy atom. The van der Waals surface area contributed by atoms with Crippen molar-refractivity contribution in [1.29, 1.82) is 0 Å². The molecule has 0 bridgehead atoms. The molecular weight excluding hydrogens is 236 g/mol. The number of nitrogens with zero attached hydrogens (tertiary/aromatic N) is 5. The van der Waals surface area contributed by atoms with Crippen LogP contribution in [0.4, 0.5) is 0 Å². The molecule has 8 nitrogen and oxygen atoms in total. The fraction of sp³-hybridized carbons (Fsp3) is 0.600. The summed E-state index contributed by atoms with van der Waals surface area (Å²) >= 11 is 0. The second-order valence-electron chi connectivity index (χ2n) is 4.27. The Hall–Kier alpha value is -1.80. The number of aromatic nitrogens is 5. The van der Waals surface area contributed by atoms with E-state index >= 15 is 0 Å². The lowest BCUT2D eigenvalue weighted by Gasteiger charge is -2.17. The van der Waals surface area contributed by atoms with Crippen molar-refractivity contribution >= 4 is 0 Å². The lowest BCUT2D eigenvalue weighted by Crippen LogP contribution is -2.28. The molecule has 0 saturated heterocycles. The van der Waals surface area contributed by atoms with Crippen LogP contribution in [0.3, 0.4) is 0 Å². The minimum absolute atomic E-state index is 0.138. The Bertz CT molecular complexity index is 492. The Morgan fingerprint density at radius 1 is 1.50 bits per heavy atom. The van der Waals surface area contributed by atoms with Crippen LogP contribution in [0.5, 0.6) is 0 Å². The Balaban J connectivity index is 1.69. The van der Waals surface area contributed by atoms with Gasteiger partial charge < -0.3 is 9.63 Å². The first-order chi connectivity index (χ1) is 8.86. The predicted octanol–water partition coefficient (Wildman–Crippen LogP) is -0.189. The second-order valence-corrected chi connectivity index (χ2v) is 4.27. The van der Waals surface area contributed by atoms with E-state index in [0.717, 1.165) is 0 Å². The first-order valence-electron chi connectivity index (χ1n) is 5.90. The van der Waals surface area contributed by atoms with Crippen LogP contribution in [0.25, 0.3) is 11.6 Å².